The number of hydrogen-bond donors (Lipinski definition) is 0. The number of carbonyl (C=O) groups is 1. The first kappa shape index (κ1) is 18.8. The minimum absolute atomic E-state index is 0.409. The van der Waals surface area contributed by atoms with E-state index in [0.717, 1.165) is 12.8 Å². The van der Waals surface area contributed by atoms with Crippen molar-refractivity contribution in [1.82, 2.24) is 0 Å². The van der Waals surface area contributed by atoms with Crippen LogP contribution in [0.5, 0.6) is 17.2 Å². The van der Waals surface area contributed by atoms with E-state index in [-0.39, 0.29) is 0 Å². The van der Waals surface area contributed by atoms with Gasteiger partial charge in [0.05, 0.1) is 13.2 Å². The molecule has 0 saturated heterocycles. The van der Waals surface area contributed by atoms with Crippen molar-refractivity contribution in [3.05, 3.63) is 54.1 Å². The zero-order valence-electron chi connectivity index (χ0n) is 15.0. The average molecular weight is 342 g/mol. The molecule has 0 heterocycles. The molecule has 0 spiro atoms. The van der Waals surface area contributed by atoms with Gasteiger partial charge in [-0.25, -0.2) is 4.79 Å². The molecule has 0 atom stereocenters. The van der Waals surface area contributed by atoms with E-state index in [1.165, 1.54) is 12.8 Å². The second-order valence-corrected chi connectivity index (χ2v) is 5.67. The molecule has 0 saturated carbocycles. The minimum atomic E-state index is -0.448. The van der Waals surface area contributed by atoms with Crippen molar-refractivity contribution in [3.8, 4) is 17.2 Å². The summed E-state index contributed by atoms with van der Waals surface area (Å²) in [5.41, 5.74) is 0.421. The lowest BCUT2D eigenvalue weighted by Gasteiger charge is -2.13. The van der Waals surface area contributed by atoms with Crippen LogP contribution in [-0.4, -0.2) is 19.2 Å². The zero-order chi connectivity index (χ0) is 17.9. The van der Waals surface area contributed by atoms with Gasteiger partial charge in [-0.3, -0.25) is 0 Å². The lowest BCUT2D eigenvalue weighted by molar-refractivity contribution is 0.0723. The largest absolute Gasteiger partial charge is 0.493 e. The molecule has 2 aromatic carbocycles. The zero-order valence-corrected chi connectivity index (χ0v) is 15.0. The summed E-state index contributed by atoms with van der Waals surface area (Å²) in [6.45, 7) is 5.17. The Morgan fingerprint density at radius 2 is 1.48 bits per heavy atom. The third-order valence-electron chi connectivity index (χ3n) is 3.71. The molecule has 0 amide bonds. The first-order chi connectivity index (χ1) is 12.3. The predicted molar refractivity (Wildman–Crippen MR) is 98.6 cm³/mol. The van der Waals surface area contributed by atoms with Gasteiger partial charge in [-0.1, -0.05) is 50.5 Å². The van der Waals surface area contributed by atoms with Crippen molar-refractivity contribution in [1.29, 1.82) is 0 Å². The van der Waals surface area contributed by atoms with Gasteiger partial charge in [0.25, 0.3) is 0 Å². The van der Waals surface area contributed by atoms with Crippen LogP contribution in [0, 0.1) is 0 Å². The molecule has 0 N–H and O–H groups in total. The highest BCUT2D eigenvalue weighted by molar-refractivity contribution is 5.94. The quantitative estimate of drug-likeness (QED) is 0.335. The van der Waals surface area contributed by atoms with E-state index in [1.807, 2.05) is 19.1 Å². The van der Waals surface area contributed by atoms with Gasteiger partial charge in [0, 0.05) is 0 Å². The second-order valence-electron chi connectivity index (χ2n) is 5.67. The van der Waals surface area contributed by atoms with Crippen LogP contribution >= 0.6 is 0 Å². The molecule has 0 aromatic heterocycles. The van der Waals surface area contributed by atoms with Crippen molar-refractivity contribution >= 4 is 5.97 Å². The first-order valence-electron chi connectivity index (χ1n) is 8.92. The van der Waals surface area contributed by atoms with Crippen LogP contribution < -0.4 is 14.2 Å². The number of unbranched alkanes of at least 4 members (excludes halogenated alkanes) is 3. The van der Waals surface area contributed by atoms with E-state index in [1.54, 1.807) is 36.4 Å². The predicted octanol–water partition coefficient (Wildman–Crippen LogP) is 5.26. The van der Waals surface area contributed by atoms with Crippen molar-refractivity contribution in [2.75, 3.05) is 13.2 Å². The molecule has 2 rings (SSSR count). The monoisotopic (exact) mass is 342 g/mol. The molecule has 0 aliphatic carbocycles. The van der Waals surface area contributed by atoms with Gasteiger partial charge in [-0.15, -0.1) is 0 Å². The van der Waals surface area contributed by atoms with Crippen LogP contribution in [0.1, 0.15) is 49.9 Å². The molecule has 25 heavy (non-hydrogen) atoms. The molecule has 0 fully saturated rings. The Morgan fingerprint density at radius 1 is 0.800 bits per heavy atom. The molecule has 2 aromatic rings. The van der Waals surface area contributed by atoms with E-state index < -0.39 is 5.97 Å². The highest BCUT2D eigenvalue weighted by Gasteiger charge is 2.16. The number of rotatable bonds is 10. The number of hydrogen-bond acceptors (Lipinski definition) is 4. The molecule has 0 unspecified atom stereocenters. The van der Waals surface area contributed by atoms with Gasteiger partial charge in [-0.05, 0) is 37.6 Å². The van der Waals surface area contributed by atoms with Gasteiger partial charge in [0.2, 0.25) is 0 Å². The normalized spacial score (nSPS) is 10.3. The summed E-state index contributed by atoms with van der Waals surface area (Å²) in [5, 5.41) is 0. The molecule has 0 aliphatic heterocycles. The summed E-state index contributed by atoms with van der Waals surface area (Å²) in [7, 11) is 0. The van der Waals surface area contributed by atoms with Gasteiger partial charge in [0.1, 0.15) is 11.3 Å². The van der Waals surface area contributed by atoms with Gasteiger partial charge >= 0.3 is 5.97 Å². The van der Waals surface area contributed by atoms with Crippen LogP contribution in [0.25, 0.3) is 0 Å². The fourth-order valence-corrected chi connectivity index (χ4v) is 2.44. The molecule has 134 valence electrons. The Labute approximate surface area is 149 Å². The third-order valence-corrected chi connectivity index (χ3v) is 3.71. The highest BCUT2D eigenvalue weighted by Crippen LogP contribution is 2.28. The van der Waals surface area contributed by atoms with Crippen LogP contribution in [0.2, 0.25) is 0 Å². The number of carbonyl (C=O) groups excluding carboxylic acids is 1. The van der Waals surface area contributed by atoms with Gasteiger partial charge < -0.3 is 14.2 Å². The number of ether oxygens (including phenoxy) is 3. The highest BCUT2D eigenvalue weighted by atomic mass is 16.6. The molecular weight excluding hydrogens is 316 g/mol. The fourth-order valence-electron chi connectivity index (χ4n) is 2.44. The van der Waals surface area contributed by atoms with E-state index in [4.69, 9.17) is 14.2 Å². The average Bonchev–Trinajstić information content (AvgIpc) is 2.64. The first-order valence-corrected chi connectivity index (χ1v) is 8.92. The van der Waals surface area contributed by atoms with Crippen LogP contribution in [-0.2, 0) is 0 Å². The Morgan fingerprint density at radius 3 is 2.20 bits per heavy atom. The maximum atomic E-state index is 12.6. The summed E-state index contributed by atoms with van der Waals surface area (Å²) in [6.07, 6.45) is 4.48. The second kappa shape index (κ2) is 10.4. The van der Waals surface area contributed by atoms with E-state index in [2.05, 4.69) is 6.92 Å². The molecule has 0 bridgehead atoms. The molecule has 0 aliphatic rings. The fraction of sp³-hybridized carbons (Fsp3) is 0.381. The Bertz CT molecular complexity index is 666. The summed E-state index contributed by atoms with van der Waals surface area (Å²) >= 11 is 0. The summed E-state index contributed by atoms with van der Waals surface area (Å²) < 4.78 is 16.8. The van der Waals surface area contributed by atoms with Crippen molar-refractivity contribution in [2.24, 2.45) is 0 Å². The molecule has 4 nitrogen and oxygen atoms in total. The Hall–Kier alpha value is -2.49. The lowest BCUT2D eigenvalue weighted by atomic mass is 10.2. The Balaban J connectivity index is 2.04. The van der Waals surface area contributed by atoms with Crippen molar-refractivity contribution in [2.45, 2.75) is 39.5 Å². The van der Waals surface area contributed by atoms with Crippen LogP contribution in [0.3, 0.4) is 0 Å². The van der Waals surface area contributed by atoms with E-state index in [9.17, 15) is 4.79 Å². The van der Waals surface area contributed by atoms with Crippen molar-refractivity contribution in [3.63, 3.8) is 0 Å². The van der Waals surface area contributed by atoms with Crippen LogP contribution in [0.4, 0.5) is 0 Å². The standard InChI is InChI=1S/C21H26O4/c1-3-5-6-11-16-24-18-13-8-7-12-17(18)21(22)25-20-15-10-9-14-19(20)23-4-2/h7-10,12-15H,3-6,11,16H2,1-2H3. The van der Waals surface area contributed by atoms with Gasteiger partial charge in [-0.2, -0.15) is 0 Å². The number of esters is 1. The lowest BCUT2D eigenvalue weighted by Crippen LogP contribution is -2.12. The van der Waals surface area contributed by atoms with E-state index in [0.29, 0.717) is 36.0 Å². The number of para-hydroxylation sites is 3. The Kier molecular flexibility index (Phi) is 7.83. The maximum Gasteiger partial charge on any atom is 0.347 e. The molecule has 4 heteroatoms. The number of benzene rings is 2. The minimum Gasteiger partial charge on any atom is -0.493 e. The SMILES string of the molecule is CCCCCCOc1ccccc1C(=O)Oc1ccccc1OCC. The van der Waals surface area contributed by atoms with Crippen LogP contribution in [0.15, 0.2) is 48.5 Å². The van der Waals surface area contributed by atoms with Crippen molar-refractivity contribution < 1.29 is 19.0 Å². The van der Waals surface area contributed by atoms with E-state index >= 15 is 0 Å². The smallest absolute Gasteiger partial charge is 0.347 e. The third kappa shape index (κ3) is 5.82. The maximum absolute atomic E-state index is 12.6. The summed E-state index contributed by atoms with van der Waals surface area (Å²) in [4.78, 5) is 12.6. The topological polar surface area (TPSA) is 44.8 Å². The summed E-state index contributed by atoms with van der Waals surface area (Å²) in [6, 6.07) is 14.3. The summed E-state index contributed by atoms with van der Waals surface area (Å²) in [5.74, 6) is 1.07. The molecule has 0 radical (unpaired) electrons. The van der Waals surface area contributed by atoms with Gasteiger partial charge in [0.15, 0.2) is 11.5 Å². The molecular formula is C21H26O4.